The lowest BCUT2D eigenvalue weighted by Gasteiger charge is -1.96. The number of carbonyl (C=O) groups excluding carboxylic acids is 1. The monoisotopic (exact) mass is 174 g/mol. The van der Waals surface area contributed by atoms with Gasteiger partial charge in [0.1, 0.15) is 5.69 Å². The van der Waals surface area contributed by atoms with Gasteiger partial charge in [-0.05, 0) is 6.07 Å². The van der Waals surface area contributed by atoms with Gasteiger partial charge >= 0.3 is 0 Å². The highest BCUT2D eigenvalue weighted by Crippen LogP contribution is 1.94. The van der Waals surface area contributed by atoms with E-state index in [0.29, 0.717) is 0 Å². The molecular formula is C8H6N4O. The van der Waals surface area contributed by atoms with Crippen LogP contribution in [0.2, 0.25) is 0 Å². The lowest BCUT2D eigenvalue weighted by molar-refractivity contribution is 0.0939. The molecule has 0 spiro atoms. The molecule has 0 aliphatic rings. The molecule has 0 radical (unpaired) electrons. The zero-order chi connectivity index (χ0) is 9.10. The van der Waals surface area contributed by atoms with Crippen LogP contribution < -0.4 is 0 Å². The standard InChI is InChI=1S/C8H6N4O/c13-8(12-5-1-2-11-12)7-6-9-3-4-10-7/h1-6H. The van der Waals surface area contributed by atoms with Crippen molar-refractivity contribution in [1.82, 2.24) is 19.7 Å². The zero-order valence-electron chi connectivity index (χ0n) is 6.66. The van der Waals surface area contributed by atoms with Gasteiger partial charge in [0.25, 0.3) is 5.91 Å². The first-order valence-electron chi connectivity index (χ1n) is 3.68. The maximum Gasteiger partial charge on any atom is 0.298 e. The smallest absolute Gasteiger partial charge is 0.265 e. The summed E-state index contributed by atoms with van der Waals surface area (Å²) in [5.41, 5.74) is 0.284. The van der Waals surface area contributed by atoms with Gasteiger partial charge in [0.15, 0.2) is 0 Å². The molecular weight excluding hydrogens is 168 g/mol. The third-order valence-electron chi connectivity index (χ3n) is 1.49. The number of carbonyl (C=O) groups is 1. The highest BCUT2D eigenvalue weighted by atomic mass is 16.2. The van der Waals surface area contributed by atoms with E-state index in [9.17, 15) is 4.79 Å². The SMILES string of the molecule is O=C(c1cnccn1)n1cccn1. The summed E-state index contributed by atoms with van der Waals surface area (Å²) in [6.07, 6.45) is 7.49. The van der Waals surface area contributed by atoms with Gasteiger partial charge in [0.05, 0.1) is 6.20 Å². The summed E-state index contributed by atoms with van der Waals surface area (Å²) in [7, 11) is 0. The van der Waals surface area contributed by atoms with E-state index < -0.39 is 0 Å². The summed E-state index contributed by atoms with van der Waals surface area (Å²) in [5.74, 6) is -0.280. The molecule has 0 unspecified atom stereocenters. The minimum absolute atomic E-state index is 0.280. The van der Waals surface area contributed by atoms with Crippen LogP contribution in [-0.4, -0.2) is 25.7 Å². The van der Waals surface area contributed by atoms with Crippen molar-refractivity contribution < 1.29 is 4.79 Å². The van der Waals surface area contributed by atoms with Gasteiger partial charge in [-0.15, -0.1) is 0 Å². The third-order valence-corrected chi connectivity index (χ3v) is 1.49. The van der Waals surface area contributed by atoms with Gasteiger partial charge in [-0.2, -0.15) is 5.10 Å². The molecule has 0 saturated carbocycles. The maximum atomic E-state index is 11.5. The van der Waals surface area contributed by atoms with E-state index in [-0.39, 0.29) is 11.6 Å². The van der Waals surface area contributed by atoms with Crippen LogP contribution in [0.1, 0.15) is 10.5 Å². The van der Waals surface area contributed by atoms with Gasteiger partial charge in [0, 0.05) is 24.8 Å². The number of hydrogen-bond donors (Lipinski definition) is 0. The molecule has 0 fully saturated rings. The average Bonchev–Trinajstić information content (AvgIpc) is 2.71. The molecule has 0 aromatic carbocycles. The second-order valence-corrected chi connectivity index (χ2v) is 2.35. The molecule has 2 aromatic heterocycles. The lowest BCUT2D eigenvalue weighted by Crippen LogP contribution is -2.13. The Bertz CT molecular complexity index is 395. The van der Waals surface area contributed by atoms with Crippen LogP contribution in [0.4, 0.5) is 0 Å². The van der Waals surface area contributed by atoms with Gasteiger partial charge < -0.3 is 0 Å². The molecule has 0 N–H and O–H groups in total. The fourth-order valence-electron chi connectivity index (χ4n) is 0.916. The van der Waals surface area contributed by atoms with Crippen LogP contribution in [0.15, 0.2) is 37.1 Å². The molecule has 0 atom stereocenters. The molecule has 0 bridgehead atoms. The Labute approximate surface area is 74.1 Å². The summed E-state index contributed by atoms with van der Waals surface area (Å²) in [6, 6.07) is 1.67. The first kappa shape index (κ1) is 7.60. The zero-order valence-corrected chi connectivity index (χ0v) is 6.66. The van der Waals surface area contributed by atoms with Crippen molar-refractivity contribution in [3.05, 3.63) is 42.7 Å². The van der Waals surface area contributed by atoms with Crippen molar-refractivity contribution in [2.45, 2.75) is 0 Å². The van der Waals surface area contributed by atoms with Crippen LogP contribution in [0.5, 0.6) is 0 Å². The fourth-order valence-corrected chi connectivity index (χ4v) is 0.916. The van der Waals surface area contributed by atoms with Crippen LogP contribution in [0.25, 0.3) is 0 Å². The van der Waals surface area contributed by atoms with E-state index in [4.69, 9.17) is 0 Å². The lowest BCUT2D eigenvalue weighted by atomic mass is 10.4. The Morgan fingerprint density at radius 2 is 2.23 bits per heavy atom. The van der Waals surface area contributed by atoms with E-state index in [0.717, 1.165) is 0 Å². The number of rotatable bonds is 1. The number of hydrogen-bond acceptors (Lipinski definition) is 4. The van der Waals surface area contributed by atoms with Crippen molar-refractivity contribution in [3.8, 4) is 0 Å². The molecule has 0 amide bonds. The number of nitrogens with zero attached hydrogens (tertiary/aromatic N) is 4. The second-order valence-electron chi connectivity index (χ2n) is 2.35. The van der Waals surface area contributed by atoms with E-state index in [2.05, 4.69) is 15.1 Å². The van der Waals surface area contributed by atoms with Gasteiger partial charge in [-0.1, -0.05) is 0 Å². The minimum Gasteiger partial charge on any atom is -0.265 e. The summed E-state index contributed by atoms with van der Waals surface area (Å²) >= 11 is 0. The van der Waals surface area contributed by atoms with E-state index in [1.54, 1.807) is 12.3 Å². The van der Waals surface area contributed by atoms with Crippen LogP contribution in [0, 0.1) is 0 Å². The van der Waals surface area contributed by atoms with E-state index in [1.165, 1.54) is 29.5 Å². The summed E-state index contributed by atoms with van der Waals surface area (Å²) in [6.45, 7) is 0. The first-order chi connectivity index (χ1) is 6.38. The van der Waals surface area contributed by atoms with Crippen LogP contribution >= 0.6 is 0 Å². The van der Waals surface area contributed by atoms with Crippen molar-refractivity contribution in [2.24, 2.45) is 0 Å². The molecule has 0 aliphatic heterocycles. The van der Waals surface area contributed by atoms with Crippen molar-refractivity contribution >= 4 is 5.91 Å². The number of aromatic nitrogens is 4. The first-order valence-corrected chi connectivity index (χ1v) is 3.68. The van der Waals surface area contributed by atoms with Gasteiger partial charge in [-0.3, -0.25) is 9.78 Å². The maximum absolute atomic E-state index is 11.5. The predicted molar refractivity (Wildman–Crippen MR) is 44.0 cm³/mol. The highest BCUT2D eigenvalue weighted by Gasteiger charge is 2.08. The van der Waals surface area contributed by atoms with Gasteiger partial charge in [-0.25, -0.2) is 9.67 Å². The Hall–Kier alpha value is -2.04. The fraction of sp³-hybridized carbons (Fsp3) is 0. The largest absolute Gasteiger partial charge is 0.298 e. The average molecular weight is 174 g/mol. The quantitative estimate of drug-likeness (QED) is 0.626. The Morgan fingerprint density at radius 3 is 2.85 bits per heavy atom. The topological polar surface area (TPSA) is 60.7 Å². The Morgan fingerprint density at radius 1 is 1.31 bits per heavy atom. The third kappa shape index (κ3) is 1.44. The van der Waals surface area contributed by atoms with Crippen LogP contribution in [0.3, 0.4) is 0 Å². The van der Waals surface area contributed by atoms with Crippen LogP contribution in [-0.2, 0) is 0 Å². The molecule has 0 saturated heterocycles. The van der Waals surface area contributed by atoms with E-state index >= 15 is 0 Å². The molecule has 2 heterocycles. The summed E-state index contributed by atoms with van der Waals surface area (Å²) < 4.78 is 1.21. The Kier molecular flexibility index (Phi) is 1.84. The minimum atomic E-state index is -0.280. The molecule has 2 aromatic rings. The predicted octanol–water partition coefficient (Wildman–Crippen LogP) is 0.362. The summed E-state index contributed by atoms with van der Waals surface area (Å²) in [4.78, 5) is 19.2. The molecule has 5 nitrogen and oxygen atoms in total. The normalized spacial score (nSPS) is 9.85. The van der Waals surface area contributed by atoms with E-state index in [1.807, 2.05) is 0 Å². The van der Waals surface area contributed by atoms with Crippen molar-refractivity contribution in [1.29, 1.82) is 0 Å². The molecule has 64 valence electrons. The highest BCUT2D eigenvalue weighted by molar-refractivity contribution is 5.92. The molecule has 0 aliphatic carbocycles. The Balaban J connectivity index is 2.34. The molecule has 5 heteroatoms. The summed E-state index contributed by atoms with van der Waals surface area (Å²) in [5, 5.41) is 3.79. The second kappa shape index (κ2) is 3.14. The van der Waals surface area contributed by atoms with Crippen molar-refractivity contribution in [3.63, 3.8) is 0 Å². The molecule has 13 heavy (non-hydrogen) atoms. The van der Waals surface area contributed by atoms with Crippen molar-refractivity contribution in [2.75, 3.05) is 0 Å². The van der Waals surface area contributed by atoms with Gasteiger partial charge in [0.2, 0.25) is 0 Å². The molecule has 2 rings (SSSR count).